The van der Waals surface area contributed by atoms with Crippen LogP contribution >= 0.6 is 0 Å². The lowest BCUT2D eigenvalue weighted by Crippen LogP contribution is -2.43. The molecule has 0 spiro atoms. The Hall–Kier alpha value is -2.14. The number of nitrogens with zero attached hydrogens (tertiary/aromatic N) is 1. The normalized spacial score (nSPS) is 11.9. The number of halogens is 3. The van der Waals surface area contributed by atoms with Crippen LogP contribution in [0.5, 0.6) is 0 Å². The van der Waals surface area contributed by atoms with Crippen molar-refractivity contribution in [3.63, 3.8) is 0 Å². The molecule has 0 fully saturated rings. The standard InChI is InChI=1S/C14H17F3N2O5S/c1-24-12(20)7-9-19(13(21)14(15,16)17)8-6-10-2-4-11(5-3-10)25(18,22)23/h2-5H,6-9H2,1H3,(H2,18,22,23). The van der Waals surface area contributed by atoms with Crippen molar-refractivity contribution in [2.24, 2.45) is 5.14 Å². The Morgan fingerprint density at radius 1 is 1.16 bits per heavy atom. The molecule has 0 aliphatic carbocycles. The van der Waals surface area contributed by atoms with Crippen molar-refractivity contribution < 1.29 is 35.9 Å². The van der Waals surface area contributed by atoms with Crippen LogP contribution in [0.1, 0.15) is 12.0 Å². The van der Waals surface area contributed by atoms with E-state index in [-0.39, 0.29) is 24.3 Å². The van der Waals surface area contributed by atoms with Gasteiger partial charge in [-0.15, -0.1) is 0 Å². The zero-order valence-electron chi connectivity index (χ0n) is 13.2. The van der Waals surface area contributed by atoms with Gasteiger partial charge in [-0.3, -0.25) is 9.59 Å². The second-order valence-corrected chi connectivity index (χ2v) is 6.62. The monoisotopic (exact) mass is 382 g/mol. The van der Waals surface area contributed by atoms with E-state index < -0.39 is 34.6 Å². The van der Waals surface area contributed by atoms with Gasteiger partial charge in [0.25, 0.3) is 0 Å². The summed E-state index contributed by atoms with van der Waals surface area (Å²) in [6, 6.07) is 5.21. The molecular weight excluding hydrogens is 365 g/mol. The van der Waals surface area contributed by atoms with Crippen LogP contribution in [0.25, 0.3) is 0 Å². The van der Waals surface area contributed by atoms with E-state index in [2.05, 4.69) is 4.74 Å². The van der Waals surface area contributed by atoms with Gasteiger partial charge in [-0.1, -0.05) is 12.1 Å². The number of hydrogen-bond acceptors (Lipinski definition) is 5. The summed E-state index contributed by atoms with van der Waals surface area (Å²) in [7, 11) is -2.78. The smallest absolute Gasteiger partial charge is 0.469 e. The number of alkyl halides is 3. The number of primary sulfonamides is 1. The molecule has 7 nitrogen and oxygen atoms in total. The van der Waals surface area contributed by atoms with Crippen molar-refractivity contribution >= 4 is 21.9 Å². The summed E-state index contributed by atoms with van der Waals surface area (Å²) in [6.45, 7) is -0.746. The van der Waals surface area contributed by atoms with Gasteiger partial charge in [0.1, 0.15) is 0 Å². The molecule has 1 aromatic carbocycles. The highest BCUT2D eigenvalue weighted by Crippen LogP contribution is 2.19. The fourth-order valence-corrected chi connectivity index (χ4v) is 2.45. The van der Waals surface area contributed by atoms with E-state index in [0.717, 1.165) is 7.11 Å². The van der Waals surface area contributed by atoms with Gasteiger partial charge in [-0.25, -0.2) is 13.6 Å². The van der Waals surface area contributed by atoms with Crippen molar-refractivity contribution in [2.75, 3.05) is 20.2 Å². The quantitative estimate of drug-likeness (QED) is 0.703. The number of carbonyl (C=O) groups excluding carboxylic acids is 2. The molecule has 1 rings (SSSR count). The molecule has 0 aromatic heterocycles. The number of carbonyl (C=O) groups is 2. The van der Waals surface area contributed by atoms with Gasteiger partial charge in [-0.05, 0) is 24.1 Å². The van der Waals surface area contributed by atoms with Crippen molar-refractivity contribution in [3.05, 3.63) is 29.8 Å². The predicted octanol–water partition coefficient (Wildman–Crippen LogP) is 0.831. The highest BCUT2D eigenvalue weighted by molar-refractivity contribution is 7.89. The minimum atomic E-state index is -5.06. The van der Waals surface area contributed by atoms with Gasteiger partial charge in [0, 0.05) is 13.1 Å². The van der Waals surface area contributed by atoms with Crippen LogP contribution in [0.15, 0.2) is 29.2 Å². The molecule has 0 bridgehead atoms. The van der Waals surface area contributed by atoms with Crippen LogP contribution in [0.2, 0.25) is 0 Å². The second kappa shape index (κ2) is 8.30. The molecule has 140 valence electrons. The molecule has 0 saturated carbocycles. The Balaban J connectivity index is 2.80. The fourth-order valence-electron chi connectivity index (χ4n) is 1.93. The van der Waals surface area contributed by atoms with Crippen LogP contribution in [0.3, 0.4) is 0 Å². The summed E-state index contributed by atoms with van der Waals surface area (Å²) in [4.78, 5) is 22.9. The third kappa shape index (κ3) is 6.70. The topological polar surface area (TPSA) is 107 Å². The number of amides is 1. The summed E-state index contributed by atoms with van der Waals surface area (Å²) in [5, 5.41) is 4.95. The Morgan fingerprint density at radius 3 is 2.16 bits per heavy atom. The molecule has 0 aliphatic heterocycles. The third-order valence-corrected chi connectivity index (χ3v) is 4.19. The molecule has 1 amide bonds. The predicted molar refractivity (Wildman–Crippen MR) is 80.8 cm³/mol. The molecule has 0 atom stereocenters. The van der Waals surface area contributed by atoms with Crippen LogP contribution in [0.4, 0.5) is 13.2 Å². The van der Waals surface area contributed by atoms with E-state index in [1.54, 1.807) is 0 Å². The average Bonchev–Trinajstić information content (AvgIpc) is 2.52. The summed E-state index contributed by atoms with van der Waals surface area (Å²) >= 11 is 0. The fraction of sp³-hybridized carbons (Fsp3) is 0.429. The first-order valence-electron chi connectivity index (χ1n) is 7.00. The van der Waals surface area contributed by atoms with Crippen molar-refractivity contribution in [1.82, 2.24) is 4.90 Å². The largest absolute Gasteiger partial charge is 0.471 e. The number of benzene rings is 1. The van der Waals surface area contributed by atoms with E-state index >= 15 is 0 Å². The minimum absolute atomic E-state index is 0.0356. The van der Waals surface area contributed by atoms with Gasteiger partial charge in [-0.2, -0.15) is 13.2 Å². The second-order valence-electron chi connectivity index (χ2n) is 5.06. The van der Waals surface area contributed by atoms with E-state index in [4.69, 9.17) is 5.14 Å². The van der Waals surface area contributed by atoms with Gasteiger partial charge < -0.3 is 9.64 Å². The number of hydrogen-bond donors (Lipinski definition) is 1. The molecular formula is C14H17F3N2O5S. The SMILES string of the molecule is COC(=O)CCN(CCc1ccc(S(N)(=O)=O)cc1)C(=O)C(F)(F)F. The molecule has 0 saturated heterocycles. The van der Waals surface area contributed by atoms with Crippen LogP contribution in [0, 0.1) is 0 Å². The zero-order chi connectivity index (χ0) is 19.3. The lowest BCUT2D eigenvalue weighted by Gasteiger charge is -2.23. The Bertz CT molecular complexity index is 717. The van der Waals surface area contributed by atoms with Gasteiger partial charge in [0.2, 0.25) is 10.0 Å². The van der Waals surface area contributed by atoms with Gasteiger partial charge >= 0.3 is 18.1 Å². The summed E-state index contributed by atoms with van der Waals surface area (Å²) in [5.41, 5.74) is 0.505. The first-order valence-corrected chi connectivity index (χ1v) is 8.54. The lowest BCUT2D eigenvalue weighted by molar-refractivity contribution is -0.185. The Labute approximate surface area is 142 Å². The van der Waals surface area contributed by atoms with Gasteiger partial charge in [0.05, 0.1) is 18.4 Å². The lowest BCUT2D eigenvalue weighted by atomic mass is 10.1. The van der Waals surface area contributed by atoms with E-state index in [9.17, 15) is 31.2 Å². The van der Waals surface area contributed by atoms with Crippen molar-refractivity contribution in [3.8, 4) is 0 Å². The maximum absolute atomic E-state index is 12.6. The number of esters is 1. The number of rotatable bonds is 7. The zero-order valence-corrected chi connectivity index (χ0v) is 14.1. The van der Waals surface area contributed by atoms with Gasteiger partial charge in [0.15, 0.2) is 0 Å². The maximum Gasteiger partial charge on any atom is 0.471 e. The summed E-state index contributed by atoms with van der Waals surface area (Å²) in [6.07, 6.45) is -5.40. The van der Waals surface area contributed by atoms with Crippen molar-refractivity contribution in [1.29, 1.82) is 0 Å². The van der Waals surface area contributed by atoms with Crippen LogP contribution in [-0.2, 0) is 30.8 Å². The summed E-state index contributed by atoms with van der Waals surface area (Å²) < 4.78 is 64.5. The molecule has 0 radical (unpaired) electrons. The summed E-state index contributed by atoms with van der Waals surface area (Å²) in [5.74, 6) is -2.80. The number of sulfonamides is 1. The molecule has 0 unspecified atom stereocenters. The van der Waals surface area contributed by atoms with E-state index in [1.807, 2.05) is 0 Å². The molecule has 1 aromatic rings. The first kappa shape index (κ1) is 20.9. The average molecular weight is 382 g/mol. The van der Waals surface area contributed by atoms with Crippen LogP contribution in [-0.4, -0.2) is 51.6 Å². The highest BCUT2D eigenvalue weighted by Gasteiger charge is 2.42. The number of nitrogens with two attached hydrogens (primary N) is 1. The number of ether oxygens (including phenoxy) is 1. The minimum Gasteiger partial charge on any atom is -0.469 e. The third-order valence-electron chi connectivity index (χ3n) is 3.27. The number of methoxy groups -OCH3 is 1. The maximum atomic E-state index is 12.6. The van der Waals surface area contributed by atoms with Crippen molar-refractivity contribution in [2.45, 2.75) is 23.9 Å². The molecule has 11 heteroatoms. The molecule has 0 heterocycles. The van der Waals surface area contributed by atoms with E-state index in [0.29, 0.717) is 10.5 Å². The first-order chi connectivity index (χ1) is 11.4. The molecule has 2 N–H and O–H groups in total. The van der Waals surface area contributed by atoms with E-state index in [1.165, 1.54) is 24.3 Å². The van der Waals surface area contributed by atoms with Crippen LogP contribution < -0.4 is 5.14 Å². The molecule has 0 aliphatic rings. The Morgan fingerprint density at radius 2 is 1.72 bits per heavy atom. The Kier molecular flexibility index (Phi) is 6.94. The molecule has 25 heavy (non-hydrogen) atoms. The highest BCUT2D eigenvalue weighted by atomic mass is 32.2.